The fourth-order valence-electron chi connectivity index (χ4n) is 4.38. The van der Waals surface area contributed by atoms with Gasteiger partial charge in [0.25, 0.3) is 11.8 Å². The SMILES string of the molecule is Cc1ccc(C)c(N(Cc2ccc(C(=O)Nc3ccccc3C(=O)N[C@@H](C)c3ccccc3)cc2)S(C)(=O)=O)c1. The van der Waals surface area contributed by atoms with Crippen LogP contribution in [0.4, 0.5) is 11.4 Å². The summed E-state index contributed by atoms with van der Waals surface area (Å²) >= 11 is 0. The van der Waals surface area contributed by atoms with Crippen LogP contribution in [0.5, 0.6) is 0 Å². The first kappa shape index (κ1) is 28.6. The smallest absolute Gasteiger partial charge is 0.255 e. The number of hydrogen-bond donors (Lipinski definition) is 2. The van der Waals surface area contributed by atoms with Crippen LogP contribution < -0.4 is 14.9 Å². The molecule has 0 saturated heterocycles. The van der Waals surface area contributed by atoms with Crippen LogP contribution in [0, 0.1) is 13.8 Å². The van der Waals surface area contributed by atoms with Gasteiger partial charge in [0.2, 0.25) is 10.0 Å². The zero-order valence-corrected chi connectivity index (χ0v) is 23.8. The monoisotopic (exact) mass is 555 g/mol. The Morgan fingerprint density at radius 1 is 0.825 bits per heavy atom. The van der Waals surface area contributed by atoms with E-state index in [4.69, 9.17) is 0 Å². The Balaban J connectivity index is 1.48. The Bertz CT molecular complexity index is 1620. The molecule has 2 amide bonds. The Hall–Kier alpha value is -4.43. The Morgan fingerprint density at radius 3 is 2.15 bits per heavy atom. The van der Waals surface area contributed by atoms with E-state index in [1.807, 2.05) is 69.3 Å². The fourth-order valence-corrected chi connectivity index (χ4v) is 5.32. The second kappa shape index (κ2) is 12.2. The lowest BCUT2D eigenvalue weighted by atomic mass is 10.1. The predicted octanol–water partition coefficient (Wildman–Crippen LogP) is 6.01. The molecule has 7 nitrogen and oxygen atoms in total. The third kappa shape index (κ3) is 6.95. The van der Waals surface area contributed by atoms with Crippen LogP contribution in [0.2, 0.25) is 0 Å². The van der Waals surface area contributed by atoms with E-state index in [1.165, 1.54) is 10.6 Å². The molecule has 0 aliphatic carbocycles. The molecule has 0 bridgehead atoms. The Kier molecular flexibility index (Phi) is 8.70. The number of benzene rings is 4. The normalized spacial score (nSPS) is 11.9. The molecule has 0 aromatic heterocycles. The van der Waals surface area contributed by atoms with Crippen LogP contribution in [-0.4, -0.2) is 26.5 Å². The summed E-state index contributed by atoms with van der Waals surface area (Å²) in [4.78, 5) is 26.1. The first-order chi connectivity index (χ1) is 19.0. The molecule has 1 atom stereocenters. The van der Waals surface area contributed by atoms with Gasteiger partial charge in [-0.2, -0.15) is 0 Å². The van der Waals surface area contributed by atoms with Gasteiger partial charge in [-0.25, -0.2) is 8.42 Å². The van der Waals surface area contributed by atoms with E-state index in [0.29, 0.717) is 22.5 Å². The third-order valence-corrected chi connectivity index (χ3v) is 7.77. The molecule has 0 saturated carbocycles. The molecule has 0 spiro atoms. The van der Waals surface area contributed by atoms with E-state index >= 15 is 0 Å². The number of nitrogens with zero attached hydrogens (tertiary/aromatic N) is 1. The molecule has 0 heterocycles. The molecule has 4 rings (SSSR count). The first-order valence-corrected chi connectivity index (χ1v) is 14.8. The summed E-state index contributed by atoms with van der Waals surface area (Å²) in [6.45, 7) is 5.83. The number of sulfonamides is 1. The van der Waals surface area contributed by atoms with Gasteiger partial charge >= 0.3 is 0 Å². The van der Waals surface area contributed by atoms with Gasteiger partial charge in [0, 0.05) is 5.56 Å². The maximum Gasteiger partial charge on any atom is 0.255 e. The highest BCUT2D eigenvalue weighted by atomic mass is 32.2. The van der Waals surface area contributed by atoms with E-state index in [-0.39, 0.29) is 24.4 Å². The highest BCUT2D eigenvalue weighted by Crippen LogP contribution is 2.26. The number of anilines is 2. The molecule has 40 heavy (non-hydrogen) atoms. The molecule has 4 aromatic rings. The summed E-state index contributed by atoms with van der Waals surface area (Å²) < 4.78 is 26.7. The topological polar surface area (TPSA) is 95.6 Å². The second-order valence-electron chi connectivity index (χ2n) is 9.86. The van der Waals surface area contributed by atoms with Gasteiger partial charge in [0.1, 0.15) is 0 Å². The summed E-state index contributed by atoms with van der Waals surface area (Å²) in [5.74, 6) is -0.674. The zero-order chi connectivity index (χ0) is 28.9. The van der Waals surface area contributed by atoms with Crippen LogP contribution in [0.1, 0.15) is 55.9 Å². The molecule has 2 N–H and O–H groups in total. The van der Waals surface area contributed by atoms with E-state index in [2.05, 4.69) is 10.6 Å². The number of nitrogens with one attached hydrogen (secondary N) is 2. The minimum atomic E-state index is -3.55. The average molecular weight is 556 g/mol. The van der Waals surface area contributed by atoms with Crippen molar-refractivity contribution in [2.24, 2.45) is 0 Å². The summed E-state index contributed by atoms with van der Waals surface area (Å²) in [6.07, 6.45) is 1.19. The summed E-state index contributed by atoms with van der Waals surface area (Å²) in [5, 5.41) is 5.82. The number of carbonyl (C=O) groups is 2. The van der Waals surface area contributed by atoms with E-state index in [9.17, 15) is 18.0 Å². The molecule has 0 aliphatic heterocycles. The predicted molar refractivity (Wildman–Crippen MR) is 160 cm³/mol. The summed E-state index contributed by atoms with van der Waals surface area (Å²) in [5.41, 5.74) is 5.29. The second-order valence-corrected chi connectivity index (χ2v) is 11.8. The van der Waals surface area contributed by atoms with E-state index < -0.39 is 10.0 Å². The van der Waals surface area contributed by atoms with Crippen molar-refractivity contribution in [1.29, 1.82) is 0 Å². The van der Waals surface area contributed by atoms with Crippen LogP contribution in [-0.2, 0) is 16.6 Å². The quantitative estimate of drug-likeness (QED) is 0.264. The van der Waals surface area contributed by atoms with Crippen molar-refractivity contribution in [2.45, 2.75) is 33.4 Å². The zero-order valence-electron chi connectivity index (χ0n) is 23.0. The lowest BCUT2D eigenvalue weighted by Gasteiger charge is -2.25. The highest BCUT2D eigenvalue weighted by Gasteiger charge is 2.21. The molecule has 0 unspecified atom stereocenters. The first-order valence-electron chi connectivity index (χ1n) is 12.9. The number of amides is 2. The minimum Gasteiger partial charge on any atom is -0.345 e. The maximum absolute atomic E-state index is 13.1. The molecule has 0 aliphatic rings. The van der Waals surface area contributed by atoms with E-state index in [0.717, 1.165) is 22.3 Å². The summed E-state index contributed by atoms with van der Waals surface area (Å²) in [6, 6.07) is 28.7. The van der Waals surface area contributed by atoms with Crippen LogP contribution in [0.25, 0.3) is 0 Å². The fraction of sp³-hybridized carbons (Fsp3) is 0.188. The van der Waals surface area contributed by atoms with E-state index in [1.54, 1.807) is 48.5 Å². The largest absolute Gasteiger partial charge is 0.345 e. The minimum absolute atomic E-state index is 0.133. The number of para-hydroxylation sites is 1. The van der Waals surface area contributed by atoms with Crippen molar-refractivity contribution in [2.75, 3.05) is 15.9 Å². The summed E-state index contributed by atoms with van der Waals surface area (Å²) in [7, 11) is -3.55. The molecule has 206 valence electrons. The van der Waals surface area contributed by atoms with Gasteiger partial charge in [-0.1, -0.05) is 66.7 Å². The standard InChI is InChI=1S/C32H33N3O4S/c1-22-14-15-23(2)30(20-22)35(40(4,38)39)21-25-16-18-27(19-17-25)31(36)34-29-13-9-8-12-28(29)32(37)33-24(3)26-10-6-5-7-11-26/h5-20,24H,21H2,1-4H3,(H,33,37)(H,34,36)/t24-/m0/s1. The van der Waals surface area contributed by atoms with Gasteiger partial charge in [0.05, 0.1) is 35.8 Å². The molecular weight excluding hydrogens is 522 g/mol. The highest BCUT2D eigenvalue weighted by molar-refractivity contribution is 7.92. The van der Waals surface area contributed by atoms with Crippen molar-refractivity contribution in [3.8, 4) is 0 Å². The van der Waals surface area contributed by atoms with Gasteiger partial charge in [-0.15, -0.1) is 0 Å². The number of hydrogen-bond acceptors (Lipinski definition) is 4. The Labute approximate surface area is 235 Å². The van der Waals surface area contributed by atoms with Gasteiger partial charge < -0.3 is 10.6 Å². The number of aryl methyl sites for hydroxylation is 2. The number of rotatable bonds is 9. The average Bonchev–Trinajstić information content (AvgIpc) is 2.93. The van der Waals surface area contributed by atoms with Crippen molar-refractivity contribution < 1.29 is 18.0 Å². The van der Waals surface area contributed by atoms with Crippen molar-refractivity contribution >= 4 is 33.2 Å². The van der Waals surface area contributed by atoms with Gasteiger partial charge in [0.15, 0.2) is 0 Å². The van der Waals surface area contributed by atoms with Gasteiger partial charge in [-0.3, -0.25) is 13.9 Å². The van der Waals surface area contributed by atoms with Crippen molar-refractivity contribution in [1.82, 2.24) is 5.32 Å². The lowest BCUT2D eigenvalue weighted by molar-refractivity contribution is 0.0940. The number of carbonyl (C=O) groups excluding carboxylic acids is 2. The molecule has 8 heteroatoms. The van der Waals surface area contributed by atoms with Gasteiger partial charge in [-0.05, 0) is 73.4 Å². The lowest BCUT2D eigenvalue weighted by Crippen LogP contribution is -2.30. The van der Waals surface area contributed by atoms with Crippen molar-refractivity contribution in [3.05, 3.63) is 130 Å². The Morgan fingerprint density at radius 2 is 1.48 bits per heavy atom. The molecule has 0 fully saturated rings. The molecule has 0 radical (unpaired) electrons. The van der Waals surface area contributed by atoms with Crippen LogP contribution >= 0.6 is 0 Å². The molecular formula is C32H33N3O4S. The van der Waals surface area contributed by atoms with Crippen LogP contribution in [0.15, 0.2) is 97.1 Å². The third-order valence-electron chi connectivity index (χ3n) is 6.64. The maximum atomic E-state index is 13.1. The van der Waals surface area contributed by atoms with Crippen molar-refractivity contribution in [3.63, 3.8) is 0 Å². The molecule has 4 aromatic carbocycles. The van der Waals surface area contributed by atoms with Crippen LogP contribution in [0.3, 0.4) is 0 Å².